The molecule has 0 saturated carbocycles. The molecule has 1 saturated heterocycles. The Labute approximate surface area is 208 Å². The highest BCUT2D eigenvalue weighted by Crippen LogP contribution is 2.32. The van der Waals surface area contributed by atoms with E-state index in [2.05, 4.69) is 15.9 Å². The van der Waals surface area contributed by atoms with Crippen molar-refractivity contribution in [2.75, 3.05) is 38.2 Å². The van der Waals surface area contributed by atoms with E-state index in [1.807, 2.05) is 42.5 Å². The summed E-state index contributed by atoms with van der Waals surface area (Å²) < 4.78 is 11.4. The highest BCUT2D eigenvalue weighted by molar-refractivity contribution is 6.30. The third kappa shape index (κ3) is 4.59. The monoisotopic (exact) mass is 490 g/mol. The van der Waals surface area contributed by atoms with Crippen molar-refractivity contribution >= 4 is 28.3 Å². The summed E-state index contributed by atoms with van der Waals surface area (Å²) in [6.07, 6.45) is 0. The second-order valence-electron chi connectivity index (χ2n) is 8.77. The van der Waals surface area contributed by atoms with Crippen molar-refractivity contribution in [3.05, 3.63) is 87.2 Å². The predicted molar refractivity (Wildman–Crippen MR) is 140 cm³/mol. The van der Waals surface area contributed by atoms with E-state index in [1.54, 1.807) is 26.2 Å². The molecule has 0 unspecified atom stereocenters. The second kappa shape index (κ2) is 9.64. The third-order valence-corrected chi connectivity index (χ3v) is 6.86. The molecule has 180 valence electrons. The molecule has 0 aliphatic carbocycles. The van der Waals surface area contributed by atoms with Crippen LogP contribution in [-0.2, 0) is 6.54 Å². The predicted octanol–water partition coefficient (Wildman–Crippen LogP) is 5.46. The topological polar surface area (TPSA) is 66.2 Å². The molecule has 0 radical (unpaired) electrons. The zero-order chi connectivity index (χ0) is 24.5. The minimum atomic E-state index is -0.110. The van der Waals surface area contributed by atoms with Crippen LogP contribution in [0.25, 0.3) is 22.1 Å². The first kappa shape index (κ1) is 23.3. The van der Waals surface area contributed by atoms with Gasteiger partial charge in [-0.2, -0.15) is 0 Å². The van der Waals surface area contributed by atoms with Gasteiger partial charge in [0.1, 0.15) is 22.8 Å². The van der Waals surface area contributed by atoms with Gasteiger partial charge < -0.3 is 19.2 Å². The number of hydrogen-bond donors (Lipinski definition) is 1. The Morgan fingerprint density at radius 2 is 1.77 bits per heavy atom. The van der Waals surface area contributed by atoms with Crippen molar-refractivity contribution in [1.82, 2.24) is 4.90 Å². The van der Waals surface area contributed by atoms with Crippen LogP contribution >= 0.6 is 11.6 Å². The lowest BCUT2D eigenvalue weighted by molar-refractivity contribution is 0.246. The maximum absolute atomic E-state index is 13.5. The molecule has 5 rings (SSSR count). The highest BCUT2D eigenvalue weighted by atomic mass is 35.5. The molecule has 0 atom stereocenters. The van der Waals surface area contributed by atoms with Gasteiger partial charge in [-0.25, -0.2) is 0 Å². The molecule has 35 heavy (non-hydrogen) atoms. The van der Waals surface area contributed by atoms with E-state index in [0.29, 0.717) is 34.4 Å². The minimum absolute atomic E-state index is 0.110. The number of halogens is 1. The number of hydrogen-bond acceptors (Lipinski definition) is 6. The lowest BCUT2D eigenvalue weighted by atomic mass is 10.0. The molecular formula is C28H27ClN2O4. The van der Waals surface area contributed by atoms with Crippen LogP contribution in [0.5, 0.6) is 11.5 Å². The molecule has 3 aromatic carbocycles. The zero-order valence-corrected chi connectivity index (χ0v) is 20.5. The normalized spacial score (nSPS) is 14.4. The van der Waals surface area contributed by atoms with E-state index < -0.39 is 0 Å². The van der Waals surface area contributed by atoms with E-state index in [1.165, 1.54) is 0 Å². The highest BCUT2D eigenvalue weighted by Gasteiger charge is 2.22. The molecule has 0 spiro atoms. The van der Waals surface area contributed by atoms with Crippen LogP contribution in [0.1, 0.15) is 11.3 Å². The summed E-state index contributed by atoms with van der Waals surface area (Å²) in [6.45, 7) is 5.60. The Morgan fingerprint density at radius 3 is 2.46 bits per heavy atom. The van der Waals surface area contributed by atoms with Crippen molar-refractivity contribution in [2.45, 2.75) is 13.5 Å². The Bertz CT molecular complexity index is 1420. The van der Waals surface area contributed by atoms with Gasteiger partial charge in [-0.3, -0.25) is 9.69 Å². The van der Waals surface area contributed by atoms with Crippen LogP contribution in [0.4, 0.5) is 5.69 Å². The molecular weight excluding hydrogens is 464 g/mol. The quantitative estimate of drug-likeness (QED) is 0.401. The number of fused-ring (bicyclic) bond motifs is 1. The number of phenolic OH excluding ortho intramolecular Hbond substituents is 1. The van der Waals surface area contributed by atoms with Gasteiger partial charge in [-0.1, -0.05) is 29.8 Å². The van der Waals surface area contributed by atoms with Gasteiger partial charge in [0.15, 0.2) is 0 Å². The van der Waals surface area contributed by atoms with Crippen molar-refractivity contribution in [3.63, 3.8) is 0 Å². The second-order valence-corrected chi connectivity index (χ2v) is 9.21. The van der Waals surface area contributed by atoms with Gasteiger partial charge in [0.05, 0.1) is 23.6 Å². The third-order valence-electron chi connectivity index (χ3n) is 6.62. The van der Waals surface area contributed by atoms with Gasteiger partial charge >= 0.3 is 0 Å². The van der Waals surface area contributed by atoms with Crippen molar-refractivity contribution < 1.29 is 14.3 Å². The first-order chi connectivity index (χ1) is 16.9. The van der Waals surface area contributed by atoms with Gasteiger partial charge in [0.2, 0.25) is 5.43 Å². The lowest BCUT2D eigenvalue weighted by Gasteiger charge is -2.36. The Morgan fingerprint density at radius 1 is 1.03 bits per heavy atom. The molecule has 0 amide bonds. The lowest BCUT2D eigenvalue weighted by Crippen LogP contribution is -2.46. The summed E-state index contributed by atoms with van der Waals surface area (Å²) >= 11 is 6.16. The number of aryl methyl sites for hydroxylation is 1. The molecule has 1 aliphatic heterocycles. The Balaban J connectivity index is 1.43. The van der Waals surface area contributed by atoms with Crippen LogP contribution in [0.2, 0.25) is 5.02 Å². The van der Waals surface area contributed by atoms with E-state index in [0.717, 1.165) is 48.2 Å². The van der Waals surface area contributed by atoms with Gasteiger partial charge in [-0.05, 0) is 55.0 Å². The molecule has 1 fully saturated rings. The molecule has 1 aromatic heterocycles. The number of piperazine rings is 1. The molecule has 0 bridgehead atoms. The first-order valence-corrected chi connectivity index (χ1v) is 12.0. The van der Waals surface area contributed by atoms with Crippen molar-refractivity contribution in [3.8, 4) is 22.6 Å². The summed E-state index contributed by atoms with van der Waals surface area (Å²) in [7, 11) is 1.61. The van der Waals surface area contributed by atoms with Crippen LogP contribution in [0.3, 0.4) is 0 Å². The SMILES string of the molecule is COc1ccc(-c2c(C)oc3c(CN4CCN(c5cccc(Cl)c5)CC4)c(O)ccc3c2=O)cc1. The average Bonchev–Trinajstić information content (AvgIpc) is 2.87. The first-order valence-electron chi connectivity index (χ1n) is 11.6. The average molecular weight is 491 g/mol. The molecule has 1 aliphatic rings. The molecule has 6 nitrogen and oxygen atoms in total. The number of anilines is 1. The number of methoxy groups -OCH3 is 1. The Hall–Kier alpha value is -3.48. The molecule has 7 heteroatoms. The summed E-state index contributed by atoms with van der Waals surface area (Å²) in [5.41, 5.74) is 3.37. The summed E-state index contributed by atoms with van der Waals surface area (Å²) in [5, 5.41) is 11.9. The Kier molecular flexibility index (Phi) is 6.41. The van der Waals surface area contributed by atoms with Crippen LogP contribution < -0.4 is 15.1 Å². The van der Waals surface area contributed by atoms with Crippen LogP contribution in [-0.4, -0.2) is 43.3 Å². The molecule has 1 N–H and O–H groups in total. The smallest absolute Gasteiger partial charge is 0.200 e. The largest absolute Gasteiger partial charge is 0.507 e. The summed E-state index contributed by atoms with van der Waals surface area (Å²) in [5.74, 6) is 1.37. The minimum Gasteiger partial charge on any atom is -0.507 e. The number of benzene rings is 3. The zero-order valence-electron chi connectivity index (χ0n) is 19.8. The summed E-state index contributed by atoms with van der Waals surface area (Å²) in [6, 6.07) is 18.5. The molecule has 2 heterocycles. The van der Waals surface area contributed by atoms with E-state index in [4.69, 9.17) is 20.8 Å². The van der Waals surface area contributed by atoms with Crippen molar-refractivity contribution in [1.29, 1.82) is 0 Å². The van der Waals surface area contributed by atoms with Gasteiger partial charge in [0, 0.05) is 43.4 Å². The van der Waals surface area contributed by atoms with E-state index >= 15 is 0 Å². The van der Waals surface area contributed by atoms with Gasteiger partial charge in [-0.15, -0.1) is 0 Å². The molecule has 4 aromatic rings. The van der Waals surface area contributed by atoms with Crippen molar-refractivity contribution in [2.24, 2.45) is 0 Å². The summed E-state index contributed by atoms with van der Waals surface area (Å²) in [4.78, 5) is 18.1. The fraction of sp³-hybridized carbons (Fsp3) is 0.250. The van der Waals surface area contributed by atoms with Crippen LogP contribution in [0, 0.1) is 6.92 Å². The van der Waals surface area contributed by atoms with Crippen LogP contribution in [0.15, 0.2) is 69.9 Å². The van der Waals surface area contributed by atoms with E-state index in [-0.39, 0.29) is 11.2 Å². The number of aromatic hydroxyl groups is 1. The number of nitrogens with zero attached hydrogens (tertiary/aromatic N) is 2. The fourth-order valence-electron chi connectivity index (χ4n) is 4.72. The standard InChI is InChI=1S/C28H27ClN2O4/c1-18-26(19-6-8-22(34-2)9-7-19)27(33)23-10-11-25(32)24(28(23)35-18)17-30-12-14-31(15-13-30)21-5-3-4-20(29)16-21/h3-11,16,32H,12-15,17H2,1-2H3. The van der Waals surface area contributed by atoms with E-state index in [9.17, 15) is 9.90 Å². The number of phenols is 1. The maximum atomic E-state index is 13.5. The number of ether oxygens (including phenoxy) is 1. The van der Waals surface area contributed by atoms with Gasteiger partial charge in [0.25, 0.3) is 0 Å². The fourth-order valence-corrected chi connectivity index (χ4v) is 4.90. The maximum Gasteiger partial charge on any atom is 0.200 e. The number of rotatable bonds is 5.